The molecule has 2 bridgehead atoms. The van der Waals surface area contributed by atoms with Crippen LogP contribution in [0.5, 0.6) is 0 Å². The van der Waals surface area contributed by atoms with Crippen LogP contribution in [0.3, 0.4) is 0 Å². The first kappa shape index (κ1) is 18.3. The lowest BCUT2D eigenvalue weighted by molar-refractivity contribution is -0.144. The molecule has 3 heterocycles. The summed E-state index contributed by atoms with van der Waals surface area (Å²) in [6, 6.07) is 0. The number of hydrogen-bond donors (Lipinski definition) is 1. The van der Waals surface area contributed by atoms with E-state index in [9.17, 15) is 14.7 Å². The Balaban J connectivity index is 1.70. The first-order chi connectivity index (χ1) is 12.2. The predicted molar refractivity (Wildman–Crippen MR) is 95.2 cm³/mol. The van der Waals surface area contributed by atoms with Crippen molar-refractivity contribution < 1.29 is 28.9 Å². The number of ether oxygens (including phenoxy) is 3. The van der Waals surface area contributed by atoms with E-state index in [-0.39, 0.29) is 35.1 Å². The van der Waals surface area contributed by atoms with Crippen molar-refractivity contribution in [1.29, 1.82) is 0 Å². The van der Waals surface area contributed by atoms with E-state index < -0.39 is 23.7 Å². The molecule has 0 aromatic carbocycles. The minimum absolute atomic E-state index is 0.272. The van der Waals surface area contributed by atoms with Gasteiger partial charge in [0.15, 0.2) is 0 Å². The van der Waals surface area contributed by atoms with Crippen molar-refractivity contribution in [3.63, 3.8) is 0 Å². The fourth-order valence-corrected chi connectivity index (χ4v) is 5.75. The molecule has 1 N–H and O–H groups in total. The predicted octanol–water partition coefficient (Wildman–Crippen LogP) is 1.90. The number of hydrogen-bond acceptors (Lipinski definition) is 7. The van der Waals surface area contributed by atoms with E-state index in [4.69, 9.17) is 14.2 Å². The van der Waals surface area contributed by atoms with Crippen LogP contribution < -0.4 is 0 Å². The Morgan fingerprint density at radius 1 is 1.35 bits per heavy atom. The number of esters is 2. The van der Waals surface area contributed by atoms with Gasteiger partial charge in [-0.3, -0.25) is 9.59 Å². The van der Waals surface area contributed by atoms with Crippen molar-refractivity contribution >= 4 is 23.7 Å². The molecular weight excluding hydrogens is 356 g/mol. The molecule has 0 aromatic heterocycles. The number of fused-ring (bicyclic) bond motifs is 4. The zero-order chi connectivity index (χ0) is 18.8. The van der Waals surface area contributed by atoms with Crippen molar-refractivity contribution in [3.8, 4) is 0 Å². The van der Waals surface area contributed by atoms with Crippen LogP contribution in [0.25, 0.3) is 0 Å². The largest absolute Gasteiger partial charge is 0.461 e. The van der Waals surface area contributed by atoms with E-state index in [0.717, 1.165) is 5.75 Å². The summed E-state index contributed by atoms with van der Waals surface area (Å²) >= 11 is 1.60. The molecule has 2 saturated heterocycles. The van der Waals surface area contributed by atoms with Gasteiger partial charge < -0.3 is 19.3 Å². The number of aliphatic hydroxyl groups is 1. The number of carbonyl (C=O) groups is 2. The van der Waals surface area contributed by atoms with Crippen molar-refractivity contribution in [2.24, 2.45) is 23.7 Å². The lowest BCUT2D eigenvalue weighted by Gasteiger charge is -2.26. The molecule has 8 atom stereocenters. The molecule has 7 heteroatoms. The van der Waals surface area contributed by atoms with Gasteiger partial charge in [-0.05, 0) is 24.7 Å². The summed E-state index contributed by atoms with van der Waals surface area (Å²) in [7, 11) is 0. The molecule has 0 radical (unpaired) electrons. The first-order valence-electron chi connectivity index (χ1n) is 9.32. The summed E-state index contributed by atoms with van der Waals surface area (Å²) in [5.74, 6) is 0.0187. The molecule has 26 heavy (non-hydrogen) atoms. The van der Waals surface area contributed by atoms with Crippen LogP contribution >= 0.6 is 11.8 Å². The summed E-state index contributed by atoms with van der Waals surface area (Å²) in [6.07, 6.45) is 0.785. The molecule has 3 aliphatic heterocycles. The van der Waals surface area contributed by atoms with Crippen LogP contribution in [0.15, 0.2) is 11.8 Å². The lowest BCUT2D eigenvalue weighted by Crippen LogP contribution is -2.40. The molecule has 0 amide bonds. The molecule has 144 valence electrons. The molecule has 4 aliphatic rings. The summed E-state index contributed by atoms with van der Waals surface area (Å²) in [6.45, 7) is 7.98. The smallest absolute Gasteiger partial charge is 0.319 e. The van der Waals surface area contributed by atoms with Crippen molar-refractivity contribution in [2.45, 2.75) is 63.3 Å². The fourth-order valence-electron chi connectivity index (χ4n) is 4.41. The van der Waals surface area contributed by atoms with Crippen molar-refractivity contribution in [1.82, 2.24) is 0 Å². The summed E-state index contributed by atoms with van der Waals surface area (Å²) in [5, 5.41) is 10.7. The third-order valence-electron chi connectivity index (χ3n) is 5.91. The van der Waals surface area contributed by atoms with Gasteiger partial charge in [0, 0.05) is 6.42 Å². The third kappa shape index (κ3) is 2.88. The molecule has 0 saturated carbocycles. The molecule has 0 spiro atoms. The van der Waals surface area contributed by atoms with Gasteiger partial charge in [0.2, 0.25) is 0 Å². The highest BCUT2D eigenvalue weighted by Gasteiger charge is 2.63. The summed E-state index contributed by atoms with van der Waals surface area (Å²) < 4.78 is 17.0. The van der Waals surface area contributed by atoms with Gasteiger partial charge in [0.05, 0.1) is 34.7 Å². The second kappa shape index (κ2) is 6.24. The first-order valence-corrected chi connectivity index (χ1v) is 10.4. The van der Waals surface area contributed by atoms with Crippen molar-refractivity contribution in [3.05, 3.63) is 11.8 Å². The number of thioether (sulfide) groups is 1. The lowest BCUT2D eigenvalue weighted by atomic mass is 9.82. The SMILES string of the molecule is CC(C)CSC1C2C=C(OC2=O)C2C(CC3(C)OC3C1O)OC(=O)C2C. The van der Waals surface area contributed by atoms with Gasteiger partial charge in [0.25, 0.3) is 0 Å². The molecule has 0 aromatic rings. The number of rotatable bonds is 3. The summed E-state index contributed by atoms with van der Waals surface area (Å²) in [5.41, 5.74) is -0.538. The van der Waals surface area contributed by atoms with E-state index in [2.05, 4.69) is 13.8 Å². The zero-order valence-corrected chi connectivity index (χ0v) is 16.3. The topological polar surface area (TPSA) is 85.4 Å². The Bertz CT molecular complexity index is 660. The maximum atomic E-state index is 12.6. The van der Waals surface area contributed by atoms with Gasteiger partial charge >= 0.3 is 11.9 Å². The Labute approximate surface area is 157 Å². The van der Waals surface area contributed by atoms with E-state index in [1.165, 1.54) is 0 Å². The highest BCUT2D eigenvalue weighted by molar-refractivity contribution is 8.00. The van der Waals surface area contributed by atoms with Crippen LogP contribution in [0.4, 0.5) is 0 Å². The zero-order valence-electron chi connectivity index (χ0n) is 15.5. The Kier molecular flexibility index (Phi) is 4.40. The fraction of sp³-hybridized carbons (Fsp3) is 0.789. The maximum absolute atomic E-state index is 12.6. The van der Waals surface area contributed by atoms with E-state index >= 15 is 0 Å². The Morgan fingerprint density at radius 2 is 2.08 bits per heavy atom. The molecular formula is C19H26O6S. The quantitative estimate of drug-likeness (QED) is 0.589. The normalized spacial score (nSPS) is 47.0. The molecule has 4 rings (SSSR count). The van der Waals surface area contributed by atoms with Crippen LogP contribution in [0.2, 0.25) is 0 Å². The van der Waals surface area contributed by atoms with Crippen LogP contribution in [-0.4, -0.2) is 52.0 Å². The number of carbonyl (C=O) groups excluding carboxylic acids is 2. The Hall–Kier alpha value is -1.05. The number of aliphatic hydroxyl groups excluding tert-OH is 1. The standard InChI is InChI=1S/C19H26O6S/c1-8(2)7-26-15-10-5-11(23-18(10)22)13-9(3)17(21)24-12(13)6-19(4)16(25-19)14(15)20/h5,8-10,12-16,20H,6-7H2,1-4H3. The van der Waals surface area contributed by atoms with E-state index in [1.807, 2.05) is 19.9 Å². The average molecular weight is 382 g/mol. The molecule has 2 fully saturated rings. The van der Waals surface area contributed by atoms with Gasteiger partial charge in [-0.25, -0.2) is 0 Å². The van der Waals surface area contributed by atoms with Gasteiger partial charge in [0.1, 0.15) is 18.0 Å². The molecule has 1 aliphatic carbocycles. The Morgan fingerprint density at radius 3 is 2.77 bits per heavy atom. The highest BCUT2D eigenvalue weighted by atomic mass is 32.2. The minimum atomic E-state index is -0.775. The van der Waals surface area contributed by atoms with Crippen LogP contribution in [0.1, 0.15) is 34.1 Å². The van der Waals surface area contributed by atoms with Crippen molar-refractivity contribution in [2.75, 3.05) is 5.75 Å². The average Bonchev–Trinajstić information content (AvgIpc) is 2.95. The monoisotopic (exact) mass is 382 g/mol. The van der Waals surface area contributed by atoms with Crippen LogP contribution in [-0.2, 0) is 23.8 Å². The minimum Gasteiger partial charge on any atom is -0.461 e. The van der Waals surface area contributed by atoms with Crippen LogP contribution in [0, 0.1) is 23.7 Å². The second-order valence-corrected chi connectivity index (χ2v) is 9.75. The third-order valence-corrected chi connectivity index (χ3v) is 7.73. The van der Waals surface area contributed by atoms with E-state index in [0.29, 0.717) is 18.1 Å². The summed E-state index contributed by atoms with van der Waals surface area (Å²) in [4.78, 5) is 24.7. The van der Waals surface area contributed by atoms with Gasteiger partial charge in [-0.1, -0.05) is 20.8 Å². The highest BCUT2D eigenvalue weighted by Crippen LogP contribution is 2.52. The molecule has 6 nitrogen and oxygen atoms in total. The van der Waals surface area contributed by atoms with Gasteiger partial charge in [-0.2, -0.15) is 11.8 Å². The maximum Gasteiger partial charge on any atom is 0.319 e. The second-order valence-electron chi connectivity index (χ2n) is 8.54. The van der Waals surface area contributed by atoms with Gasteiger partial charge in [-0.15, -0.1) is 0 Å². The molecule has 8 unspecified atom stereocenters. The van der Waals surface area contributed by atoms with E-state index in [1.54, 1.807) is 11.8 Å². The number of epoxide rings is 1.